The summed E-state index contributed by atoms with van der Waals surface area (Å²) in [7, 11) is 0. The van der Waals surface area contributed by atoms with E-state index in [0.717, 1.165) is 12.8 Å². The standard InChI is InChI=1S/C28H35Cl2F6N5O3/c1-2-3-7-38-26(42)41-10-9-40(17-41)8-6-22(19-4-5-23(29)24(30)13-19)25(39-44-16-37)43-15-18-11-20(27(31,32)33)14-21(12-18)28(34,35)36/h4-5,11,13-14,21-22H,2-3,6-10,12,15-17,37H2,1H3,(H,38,42)/b39-25-. The Kier molecular flexibility index (Phi) is 13.1. The van der Waals surface area contributed by atoms with E-state index in [1.807, 2.05) is 11.8 Å². The molecule has 1 heterocycles. The number of hydrogen-bond acceptors (Lipinski definition) is 6. The average Bonchev–Trinajstić information content (AvgIpc) is 3.44. The number of ether oxygens (including phenoxy) is 1. The Balaban J connectivity index is 1.81. The van der Waals surface area contributed by atoms with Gasteiger partial charge in [-0.25, -0.2) is 4.79 Å². The second kappa shape index (κ2) is 16.1. The Morgan fingerprint density at radius 2 is 1.93 bits per heavy atom. The number of amides is 2. The number of hydrogen-bond donors (Lipinski definition) is 2. The highest BCUT2D eigenvalue weighted by Crippen LogP contribution is 2.41. The first-order valence-electron chi connectivity index (χ1n) is 14.0. The molecule has 2 unspecified atom stereocenters. The van der Waals surface area contributed by atoms with Crippen LogP contribution in [0.15, 0.2) is 46.7 Å². The van der Waals surface area contributed by atoms with Crippen LogP contribution in [0.2, 0.25) is 10.0 Å². The Hall–Kier alpha value is -2.68. The molecule has 1 fully saturated rings. The zero-order chi connectivity index (χ0) is 32.5. The van der Waals surface area contributed by atoms with Crippen LogP contribution in [-0.4, -0.2) is 80.3 Å². The average molecular weight is 675 g/mol. The number of carbonyl (C=O) groups is 1. The molecule has 1 aromatic carbocycles. The molecule has 8 nitrogen and oxygen atoms in total. The lowest BCUT2D eigenvalue weighted by Crippen LogP contribution is -2.40. The number of urea groups is 1. The largest absolute Gasteiger partial charge is 0.474 e. The number of nitrogens with one attached hydrogen (secondary N) is 1. The van der Waals surface area contributed by atoms with Crippen molar-refractivity contribution in [2.75, 3.05) is 46.2 Å². The number of oxime groups is 1. The van der Waals surface area contributed by atoms with Gasteiger partial charge in [0.05, 0.1) is 34.1 Å². The van der Waals surface area contributed by atoms with Gasteiger partial charge in [-0.2, -0.15) is 26.3 Å². The third kappa shape index (κ3) is 10.5. The van der Waals surface area contributed by atoms with Crippen LogP contribution in [0, 0.1) is 5.92 Å². The van der Waals surface area contributed by atoms with E-state index in [4.69, 9.17) is 38.5 Å². The van der Waals surface area contributed by atoms with Gasteiger partial charge in [-0.1, -0.05) is 53.8 Å². The Morgan fingerprint density at radius 1 is 1.18 bits per heavy atom. The molecule has 0 bridgehead atoms. The molecule has 0 spiro atoms. The fraction of sp³-hybridized carbons (Fsp3) is 0.571. The molecular weight excluding hydrogens is 639 g/mol. The van der Waals surface area contributed by atoms with Crippen molar-refractivity contribution in [1.82, 2.24) is 15.1 Å². The first-order valence-corrected chi connectivity index (χ1v) is 14.8. The molecule has 0 saturated carbocycles. The summed E-state index contributed by atoms with van der Waals surface area (Å²) < 4.78 is 86.5. The number of allylic oxidation sites excluding steroid dienone is 3. The van der Waals surface area contributed by atoms with E-state index < -0.39 is 42.8 Å². The highest BCUT2D eigenvalue weighted by Gasteiger charge is 2.44. The fourth-order valence-electron chi connectivity index (χ4n) is 4.78. The summed E-state index contributed by atoms with van der Waals surface area (Å²) in [5.74, 6) is -3.15. The highest BCUT2D eigenvalue weighted by atomic mass is 35.5. The van der Waals surface area contributed by atoms with Crippen LogP contribution in [0.5, 0.6) is 0 Å². The minimum atomic E-state index is -4.98. The van der Waals surface area contributed by atoms with Crippen LogP contribution in [0.4, 0.5) is 31.1 Å². The van der Waals surface area contributed by atoms with Crippen molar-refractivity contribution in [3.8, 4) is 0 Å². The van der Waals surface area contributed by atoms with Crippen molar-refractivity contribution in [2.45, 2.75) is 50.9 Å². The van der Waals surface area contributed by atoms with Crippen molar-refractivity contribution in [3.63, 3.8) is 0 Å². The summed E-state index contributed by atoms with van der Waals surface area (Å²) in [5.41, 5.74) is 4.39. The summed E-state index contributed by atoms with van der Waals surface area (Å²) in [5, 5.41) is 7.30. The van der Waals surface area contributed by atoms with E-state index in [-0.39, 0.29) is 40.4 Å². The maximum atomic E-state index is 13.5. The molecule has 2 atom stereocenters. The number of nitrogens with two attached hydrogens (primary N) is 1. The SMILES string of the molecule is CCCCNC(=O)N1CCN(CCC(/C(=N/OCN)OCC2=CC(C(F)(F)F)=CC(C(F)(F)F)C2)c2ccc(Cl)c(Cl)c2)C1. The number of nitrogens with zero attached hydrogens (tertiary/aromatic N) is 3. The predicted molar refractivity (Wildman–Crippen MR) is 155 cm³/mol. The zero-order valence-electron chi connectivity index (χ0n) is 24.0. The van der Waals surface area contributed by atoms with Crippen LogP contribution in [-0.2, 0) is 9.57 Å². The maximum Gasteiger partial charge on any atom is 0.416 e. The number of unbranched alkanes of at least 4 members (excludes halogenated alkanes) is 1. The van der Waals surface area contributed by atoms with E-state index in [9.17, 15) is 31.1 Å². The molecule has 0 radical (unpaired) electrons. The smallest absolute Gasteiger partial charge is 0.416 e. The van der Waals surface area contributed by atoms with Gasteiger partial charge in [0.15, 0.2) is 6.73 Å². The summed E-state index contributed by atoms with van der Waals surface area (Å²) in [6, 6.07) is 4.59. The van der Waals surface area contributed by atoms with Crippen LogP contribution >= 0.6 is 23.2 Å². The third-order valence-corrected chi connectivity index (χ3v) is 7.87. The molecule has 3 rings (SSSR count). The summed E-state index contributed by atoms with van der Waals surface area (Å²) in [6.07, 6.45) is -7.61. The second-order valence-electron chi connectivity index (χ2n) is 10.4. The molecule has 3 N–H and O–H groups in total. The van der Waals surface area contributed by atoms with Crippen molar-refractivity contribution < 1.29 is 40.7 Å². The van der Waals surface area contributed by atoms with Gasteiger partial charge in [-0.15, -0.1) is 0 Å². The third-order valence-electron chi connectivity index (χ3n) is 7.13. The molecule has 1 aliphatic carbocycles. The maximum absolute atomic E-state index is 13.5. The lowest BCUT2D eigenvalue weighted by molar-refractivity contribution is -0.162. The zero-order valence-corrected chi connectivity index (χ0v) is 25.5. The van der Waals surface area contributed by atoms with Gasteiger partial charge in [0.1, 0.15) is 6.61 Å². The summed E-state index contributed by atoms with van der Waals surface area (Å²) in [4.78, 5) is 21.2. The van der Waals surface area contributed by atoms with Crippen molar-refractivity contribution in [2.24, 2.45) is 16.8 Å². The van der Waals surface area contributed by atoms with Gasteiger partial charge in [-0.05, 0) is 48.6 Å². The molecule has 0 aromatic heterocycles. The topological polar surface area (TPSA) is 92.4 Å². The molecule has 1 aliphatic heterocycles. The van der Waals surface area contributed by atoms with E-state index in [1.165, 1.54) is 0 Å². The van der Waals surface area contributed by atoms with Crippen molar-refractivity contribution in [3.05, 3.63) is 57.1 Å². The minimum Gasteiger partial charge on any atom is -0.474 e. The van der Waals surface area contributed by atoms with Gasteiger partial charge in [0, 0.05) is 26.2 Å². The fourth-order valence-corrected chi connectivity index (χ4v) is 5.09. The lowest BCUT2D eigenvalue weighted by atomic mass is 9.89. The monoisotopic (exact) mass is 673 g/mol. The molecule has 44 heavy (non-hydrogen) atoms. The van der Waals surface area contributed by atoms with Crippen molar-refractivity contribution in [1.29, 1.82) is 0 Å². The van der Waals surface area contributed by atoms with E-state index in [0.29, 0.717) is 50.9 Å². The Bertz CT molecular complexity index is 1230. The molecule has 1 saturated heterocycles. The van der Waals surface area contributed by atoms with E-state index >= 15 is 0 Å². The second-order valence-corrected chi connectivity index (χ2v) is 11.2. The van der Waals surface area contributed by atoms with Crippen LogP contribution in [0.1, 0.15) is 44.1 Å². The first-order chi connectivity index (χ1) is 20.7. The number of rotatable bonds is 12. The molecule has 1 aromatic rings. The molecular formula is C28H35Cl2F6N5O3. The van der Waals surface area contributed by atoms with Crippen molar-refractivity contribution >= 4 is 35.1 Å². The van der Waals surface area contributed by atoms with Gasteiger partial charge in [0.2, 0.25) is 5.90 Å². The molecule has 16 heteroatoms. The summed E-state index contributed by atoms with van der Waals surface area (Å²) in [6.45, 7) is 3.49. The number of benzene rings is 1. The van der Waals surface area contributed by atoms with Gasteiger partial charge in [0.25, 0.3) is 0 Å². The molecule has 246 valence electrons. The van der Waals surface area contributed by atoms with E-state index in [1.54, 1.807) is 23.1 Å². The first kappa shape index (κ1) is 35.8. The van der Waals surface area contributed by atoms with E-state index in [2.05, 4.69) is 10.5 Å². The molecule has 2 amide bonds. The number of carbonyl (C=O) groups excluding carboxylic acids is 1. The Morgan fingerprint density at radius 3 is 2.57 bits per heavy atom. The van der Waals surface area contributed by atoms with Gasteiger partial charge in [-0.3, -0.25) is 10.6 Å². The Labute approximate surface area is 261 Å². The van der Waals surface area contributed by atoms with Crippen LogP contribution in [0.25, 0.3) is 0 Å². The minimum absolute atomic E-state index is 0.116. The van der Waals surface area contributed by atoms with Crippen LogP contribution < -0.4 is 11.1 Å². The molecule has 2 aliphatic rings. The summed E-state index contributed by atoms with van der Waals surface area (Å²) >= 11 is 12.4. The van der Waals surface area contributed by atoms with Gasteiger partial charge < -0.3 is 19.8 Å². The van der Waals surface area contributed by atoms with Gasteiger partial charge >= 0.3 is 18.4 Å². The normalized spacial score (nSPS) is 19.0. The quantitative estimate of drug-likeness (QED) is 0.0635. The van der Waals surface area contributed by atoms with Crippen LogP contribution in [0.3, 0.4) is 0 Å². The lowest BCUT2D eigenvalue weighted by Gasteiger charge is -2.26. The highest BCUT2D eigenvalue weighted by molar-refractivity contribution is 6.42. The number of alkyl halides is 6. The number of halogens is 8. The predicted octanol–water partition coefficient (Wildman–Crippen LogP) is 6.81.